The van der Waals surface area contributed by atoms with E-state index in [2.05, 4.69) is 11.8 Å². The zero-order valence-corrected chi connectivity index (χ0v) is 7.92. The Bertz CT molecular complexity index is 408. The first-order valence-corrected chi connectivity index (χ1v) is 4.34. The van der Waals surface area contributed by atoms with Crippen LogP contribution in [0.5, 0.6) is 0 Å². The van der Waals surface area contributed by atoms with Gasteiger partial charge in [-0.05, 0) is 18.6 Å². The van der Waals surface area contributed by atoms with Crippen molar-refractivity contribution in [2.75, 3.05) is 0 Å². The lowest BCUT2D eigenvalue weighted by Crippen LogP contribution is -1.98. The van der Waals surface area contributed by atoms with Crippen molar-refractivity contribution in [1.29, 1.82) is 0 Å². The molecule has 0 atom stereocenters. The highest BCUT2D eigenvalue weighted by Gasteiger charge is 1.89. The molecule has 0 fully saturated rings. The fourth-order valence-electron chi connectivity index (χ4n) is 0.950. The largest absolute Gasteiger partial charge is 0.290 e. The maximum Gasteiger partial charge on any atom is 0.182 e. The Morgan fingerprint density at radius 2 is 2.15 bits per heavy atom. The molecule has 1 nitrogen and oxygen atoms in total. The Morgan fingerprint density at radius 1 is 1.38 bits per heavy atom. The van der Waals surface area contributed by atoms with Crippen LogP contribution in [-0.2, 0) is 0 Å². The van der Waals surface area contributed by atoms with Gasteiger partial charge in [-0.25, -0.2) is 0 Å². The first kappa shape index (κ1) is 9.54. The molecule has 0 saturated heterocycles. The molecule has 0 N–H and O–H groups in total. The van der Waals surface area contributed by atoms with Crippen molar-refractivity contribution < 1.29 is 0 Å². The highest BCUT2D eigenvalue weighted by atomic mass is 16.1. The van der Waals surface area contributed by atoms with Gasteiger partial charge in [0.2, 0.25) is 0 Å². The van der Waals surface area contributed by atoms with Gasteiger partial charge in [-0.2, -0.15) is 0 Å². The van der Waals surface area contributed by atoms with E-state index in [1.807, 2.05) is 19.1 Å². The summed E-state index contributed by atoms with van der Waals surface area (Å²) in [6.07, 6.45) is 0.811. The number of hydrogen-bond donors (Lipinski definition) is 0. The normalized spacial score (nSPS) is 8.77. The molecule has 0 radical (unpaired) electrons. The van der Waals surface area contributed by atoms with Gasteiger partial charge in [-0.15, -0.1) is 0 Å². The third-order valence-electron chi connectivity index (χ3n) is 1.71. The van der Waals surface area contributed by atoms with Crippen LogP contribution < -0.4 is 5.43 Å². The summed E-state index contributed by atoms with van der Waals surface area (Å²) in [7, 11) is 0. The van der Waals surface area contributed by atoms with Gasteiger partial charge in [0.25, 0.3) is 0 Å². The average molecular weight is 172 g/mol. The molecule has 0 unspecified atom stereocenters. The minimum Gasteiger partial charge on any atom is -0.290 e. The fraction of sp³-hybridized carbons (Fsp3) is 0.250. The van der Waals surface area contributed by atoms with E-state index < -0.39 is 0 Å². The SMILES string of the molecule is CCC#Cc1cccc(C)c(=O)c1. The predicted octanol–water partition coefficient (Wildman–Crippen LogP) is 2.12. The molecule has 1 rings (SSSR count). The van der Waals surface area contributed by atoms with E-state index in [9.17, 15) is 4.79 Å². The van der Waals surface area contributed by atoms with Crippen molar-refractivity contribution in [3.05, 3.63) is 45.6 Å². The Balaban J connectivity index is 3.22. The van der Waals surface area contributed by atoms with Gasteiger partial charge in [0.05, 0.1) is 0 Å². The van der Waals surface area contributed by atoms with Crippen LogP contribution in [0, 0.1) is 18.8 Å². The van der Waals surface area contributed by atoms with Crippen LogP contribution in [-0.4, -0.2) is 0 Å². The van der Waals surface area contributed by atoms with Gasteiger partial charge >= 0.3 is 0 Å². The van der Waals surface area contributed by atoms with E-state index in [1.165, 1.54) is 0 Å². The van der Waals surface area contributed by atoms with Crippen molar-refractivity contribution in [1.82, 2.24) is 0 Å². The highest BCUT2D eigenvalue weighted by Crippen LogP contribution is 1.93. The van der Waals surface area contributed by atoms with Crippen LogP contribution in [0.2, 0.25) is 0 Å². The molecule has 1 heteroatoms. The molecule has 1 aromatic rings. The van der Waals surface area contributed by atoms with Gasteiger partial charge in [0.1, 0.15) is 0 Å². The van der Waals surface area contributed by atoms with Gasteiger partial charge in [-0.3, -0.25) is 4.79 Å². The first-order chi connectivity index (χ1) is 6.24. The third kappa shape index (κ3) is 2.76. The van der Waals surface area contributed by atoms with Gasteiger partial charge < -0.3 is 0 Å². The summed E-state index contributed by atoms with van der Waals surface area (Å²) < 4.78 is 0. The molecule has 0 heterocycles. The zero-order valence-electron chi connectivity index (χ0n) is 7.92. The van der Waals surface area contributed by atoms with E-state index >= 15 is 0 Å². The Kier molecular flexibility index (Phi) is 3.28. The fourth-order valence-corrected chi connectivity index (χ4v) is 0.950. The monoisotopic (exact) mass is 172 g/mol. The van der Waals surface area contributed by atoms with Crippen LogP contribution in [0.3, 0.4) is 0 Å². The van der Waals surface area contributed by atoms with Crippen LogP contribution in [0.4, 0.5) is 0 Å². The Labute approximate surface area is 78.4 Å². The topological polar surface area (TPSA) is 17.1 Å². The van der Waals surface area contributed by atoms with Gasteiger partial charge in [-0.1, -0.05) is 30.9 Å². The molecule has 1 aromatic carbocycles. The van der Waals surface area contributed by atoms with E-state index in [-0.39, 0.29) is 5.43 Å². The van der Waals surface area contributed by atoms with Crippen molar-refractivity contribution >= 4 is 0 Å². The molecule has 0 amide bonds. The van der Waals surface area contributed by atoms with E-state index in [4.69, 9.17) is 0 Å². The number of aryl methyl sites for hydroxylation is 1. The van der Waals surface area contributed by atoms with Crippen LogP contribution >= 0.6 is 0 Å². The standard InChI is InChI=1S/C12H12O/c1-3-4-7-11-8-5-6-10(2)12(13)9-11/h5-6,8-9H,3H2,1-2H3. The molecule has 0 aromatic heterocycles. The smallest absolute Gasteiger partial charge is 0.182 e. The third-order valence-corrected chi connectivity index (χ3v) is 1.71. The number of hydrogen-bond acceptors (Lipinski definition) is 1. The average Bonchev–Trinajstić information content (AvgIpc) is 2.26. The summed E-state index contributed by atoms with van der Waals surface area (Å²) in [5.74, 6) is 5.87. The van der Waals surface area contributed by atoms with E-state index in [0.717, 1.165) is 17.5 Å². The maximum atomic E-state index is 11.3. The van der Waals surface area contributed by atoms with Crippen LogP contribution in [0.25, 0.3) is 0 Å². The molecule has 0 aliphatic rings. The maximum absolute atomic E-state index is 11.3. The molecule has 66 valence electrons. The molecule has 13 heavy (non-hydrogen) atoms. The first-order valence-electron chi connectivity index (χ1n) is 4.34. The number of rotatable bonds is 0. The molecule has 0 spiro atoms. The predicted molar refractivity (Wildman–Crippen MR) is 54.6 cm³/mol. The molecule has 0 bridgehead atoms. The molecule has 0 aliphatic heterocycles. The minimum absolute atomic E-state index is 0.0467. The Morgan fingerprint density at radius 3 is 2.85 bits per heavy atom. The molecular weight excluding hydrogens is 160 g/mol. The van der Waals surface area contributed by atoms with Crippen molar-refractivity contribution in [3.63, 3.8) is 0 Å². The minimum atomic E-state index is 0.0467. The Hall–Kier alpha value is -1.55. The summed E-state index contributed by atoms with van der Waals surface area (Å²) in [6.45, 7) is 3.79. The van der Waals surface area contributed by atoms with Gasteiger partial charge in [0.15, 0.2) is 5.43 Å². The van der Waals surface area contributed by atoms with E-state index in [0.29, 0.717) is 0 Å². The lowest BCUT2D eigenvalue weighted by Gasteiger charge is -1.79. The van der Waals surface area contributed by atoms with Crippen LogP contribution in [0.1, 0.15) is 24.5 Å². The highest BCUT2D eigenvalue weighted by molar-refractivity contribution is 5.34. The molecule has 0 aliphatic carbocycles. The summed E-state index contributed by atoms with van der Waals surface area (Å²) in [4.78, 5) is 11.3. The van der Waals surface area contributed by atoms with Crippen molar-refractivity contribution in [2.24, 2.45) is 0 Å². The molecule has 0 saturated carbocycles. The summed E-state index contributed by atoms with van der Waals surface area (Å²) >= 11 is 0. The van der Waals surface area contributed by atoms with Crippen molar-refractivity contribution in [3.8, 4) is 11.8 Å². The summed E-state index contributed by atoms with van der Waals surface area (Å²) in [5, 5.41) is 0. The second-order valence-electron chi connectivity index (χ2n) is 2.83. The zero-order chi connectivity index (χ0) is 9.68. The summed E-state index contributed by atoms with van der Waals surface area (Å²) in [6, 6.07) is 7.10. The lowest BCUT2D eigenvalue weighted by molar-refractivity contribution is 1.28. The van der Waals surface area contributed by atoms with E-state index in [1.54, 1.807) is 19.1 Å². The van der Waals surface area contributed by atoms with Crippen LogP contribution in [0.15, 0.2) is 29.1 Å². The second-order valence-corrected chi connectivity index (χ2v) is 2.83. The summed E-state index contributed by atoms with van der Waals surface area (Å²) in [5.41, 5.74) is 1.59. The van der Waals surface area contributed by atoms with Crippen molar-refractivity contribution in [2.45, 2.75) is 20.3 Å². The molecular formula is C12H12O. The van der Waals surface area contributed by atoms with Gasteiger partial charge in [0, 0.05) is 18.1 Å². The lowest BCUT2D eigenvalue weighted by atomic mass is 10.2. The second kappa shape index (κ2) is 4.47. The quantitative estimate of drug-likeness (QED) is 0.548.